The molecule has 1 aliphatic carbocycles. The predicted molar refractivity (Wildman–Crippen MR) is 120 cm³/mol. The Morgan fingerprint density at radius 2 is 1.92 bits per heavy atom. The summed E-state index contributed by atoms with van der Waals surface area (Å²) in [7, 11) is 0. The number of guanidine groups is 1. The molecule has 0 radical (unpaired) electrons. The van der Waals surface area contributed by atoms with Crippen LogP contribution < -0.4 is 10.6 Å². The number of aliphatic imine (C=N–C) groups is 1. The quantitative estimate of drug-likeness (QED) is 0.192. The molecule has 0 bridgehead atoms. The lowest BCUT2D eigenvalue weighted by molar-refractivity contribution is 0.0893. The lowest BCUT2D eigenvalue weighted by atomic mass is 10.0. The van der Waals surface area contributed by atoms with Gasteiger partial charge in [-0.2, -0.15) is 0 Å². The summed E-state index contributed by atoms with van der Waals surface area (Å²) in [5, 5.41) is 6.80. The van der Waals surface area contributed by atoms with Crippen molar-refractivity contribution < 1.29 is 9.47 Å². The fourth-order valence-electron chi connectivity index (χ4n) is 3.73. The molecule has 1 aliphatic heterocycles. The van der Waals surface area contributed by atoms with Gasteiger partial charge in [-0.05, 0) is 32.1 Å². The van der Waals surface area contributed by atoms with Gasteiger partial charge in [-0.25, -0.2) is 0 Å². The first-order chi connectivity index (χ1) is 12.4. The Bertz CT molecular complexity index is 357. The largest absolute Gasteiger partial charge is 0.381 e. The highest BCUT2D eigenvalue weighted by Crippen LogP contribution is 2.28. The van der Waals surface area contributed by atoms with E-state index >= 15 is 0 Å². The monoisotopic (exact) mass is 481 g/mol. The number of ether oxygens (including phenoxy) is 2. The van der Waals surface area contributed by atoms with Crippen LogP contribution in [0.2, 0.25) is 0 Å². The molecule has 1 heterocycles. The van der Waals surface area contributed by atoms with Crippen LogP contribution in [0.25, 0.3) is 0 Å². The van der Waals surface area contributed by atoms with Gasteiger partial charge in [0.1, 0.15) is 0 Å². The van der Waals surface area contributed by atoms with E-state index in [-0.39, 0.29) is 24.0 Å². The molecule has 2 rings (SSSR count). The van der Waals surface area contributed by atoms with Crippen LogP contribution in [0.1, 0.15) is 64.7 Å². The summed E-state index contributed by atoms with van der Waals surface area (Å²) in [5.74, 6) is 2.57. The SMILES string of the molecule is CCNC(=NCCCOCC1CCOC1)NCCCCC1CCCC1.I. The maximum absolute atomic E-state index is 5.73. The summed E-state index contributed by atoms with van der Waals surface area (Å²) < 4.78 is 11.1. The number of hydrogen-bond acceptors (Lipinski definition) is 3. The van der Waals surface area contributed by atoms with E-state index in [0.29, 0.717) is 5.92 Å². The van der Waals surface area contributed by atoms with Crippen LogP contribution in [-0.4, -0.2) is 52.0 Å². The van der Waals surface area contributed by atoms with Crippen molar-refractivity contribution >= 4 is 29.9 Å². The standard InChI is InChI=1S/C20H39N3O2.HI/c1-2-21-20(22-12-6-5-10-18-8-3-4-9-18)23-13-7-14-24-16-19-11-15-25-17-19;/h18-19H,2-17H2,1H3,(H2,21,22,23);1H. The Morgan fingerprint density at radius 3 is 2.65 bits per heavy atom. The number of halogens is 1. The zero-order valence-corrected chi connectivity index (χ0v) is 19.0. The lowest BCUT2D eigenvalue weighted by Crippen LogP contribution is -2.37. The van der Waals surface area contributed by atoms with Crippen LogP contribution in [0.4, 0.5) is 0 Å². The molecule has 6 heteroatoms. The Hall–Kier alpha value is -0.0800. The summed E-state index contributed by atoms with van der Waals surface area (Å²) in [4.78, 5) is 4.65. The molecular weight excluding hydrogens is 441 g/mol. The first-order valence-electron chi connectivity index (χ1n) is 10.6. The van der Waals surface area contributed by atoms with Gasteiger partial charge < -0.3 is 20.1 Å². The third-order valence-electron chi connectivity index (χ3n) is 5.24. The van der Waals surface area contributed by atoms with Crippen molar-refractivity contribution in [2.24, 2.45) is 16.8 Å². The molecule has 0 aromatic heterocycles. The van der Waals surface area contributed by atoms with Crippen molar-refractivity contribution in [1.29, 1.82) is 0 Å². The normalized spacial score (nSPS) is 21.0. The molecular formula is C20H40IN3O2. The highest BCUT2D eigenvalue weighted by Gasteiger charge is 2.15. The smallest absolute Gasteiger partial charge is 0.191 e. The van der Waals surface area contributed by atoms with E-state index in [1.165, 1.54) is 44.9 Å². The van der Waals surface area contributed by atoms with Gasteiger partial charge in [-0.3, -0.25) is 4.99 Å². The summed E-state index contributed by atoms with van der Waals surface area (Å²) in [6, 6.07) is 0. The van der Waals surface area contributed by atoms with E-state index in [4.69, 9.17) is 9.47 Å². The number of rotatable bonds is 12. The molecule has 0 spiro atoms. The molecule has 2 fully saturated rings. The minimum Gasteiger partial charge on any atom is -0.381 e. The van der Waals surface area contributed by atoms with Crippen molar-refractivity contribution in [2.45, 2.75) is 64.7 Å². The fourth-order valence-corrected chi connectivity index (χ4v) is 3.73. The van der Waals surface area contributed by atoms with Crippen LogP contribution in [0, 0.1) is 11.8 Å². The maximum atomic E-state index is 5.73. The average molecular weight is 481 g/mol. The van der Waals surface area contributed by atoms with Crippen molar-refractivity contribution in [2.75, 3.05) is 46.1 Å². The van der Waals surface area contributed by atoms with E-state index in [1.807, 2.05) is 0 Å². The number of unbranched alkanes of at least 4 members (excludes halogenated alkanes) is 1. The first kappa shape index (κ1) is 24.0. The minimum atomic E-state index is 0. The second kappa shape index (κ2) is 15.9. The second-order valence-corrected chi connectivity index (χ2v) is 7.49. The lowest BCUT2D eigenvalue weighted by Gasteiger charge is -2.12. The molecule has 1 atom stereocenters. The van der Waals surface area contributed by atoms with E-state index in [0.717, 1.165) is 70.8 Å². The summed E-state index contributed by atoms with van der Waals surface area (Å²) in [6.07, 6.45) is 12.0. The van der Waals surface area contributed by atoms with Gasteiger partial charge in [0.2, 0.25) is 0 Å². The third kappa shape index (κ3) is 10.9. The number of nitrogens with one attached hydrogen (secondary N) is 2. The Labute approximate surface area is 177 Å². The van der Waals surface area contributed by atoms with Gasteiger partial charge in [0.15, 0.2) is 5.96 Å². The van der Waals surface area contributed by atoms with E-state index in [1.54, 1.807) is 0 Å². The highest BCUT2D eigenvalue weighted by atomic mass is 127. The molecule has 0 aromatic carbocycles. The molecule has 154 valence electrons. The topological polar surface area (TPSA) is 54.9 Å². The Morgan fingerprint density at radius 1 is 1.08 bits per heavy atom. The van der Waals surface area contributed by atoms with Crippen molar-refractivity contribution in [3.63, 3.8) is 0 Å². The van der Waals surface area contributed by atoms with Crippen molar-refractivity contribution in [1.82, 2.24) is 10.6 Å². The maximum Gasteiger partial charge on any atom is 0.191 e. The van der Waals surface area contributed by atoms with Gasteiger partial charge in [0.25, 0.3) is 0 Å². The molecule has 0 aromatic rings. The van der Waals surface area contributed by atoms with Crippen LogP contribution >= 0.6 is 24.0 Å². The predicted octanol–water partition coefficient (Wildman–Crippen LogP) is 3.96. The Kier molecular flexibility index (Phi) is 14.7. The number of hydrogen-bond donors (Lipinski definition) is 2. The zero-order valence-electron chi connectivity index (χ0n) is 16.6. The highest BCUT2D eigenvalue weighted by molar-refractivity contribution is 14.0. The fraction of sp³-hybridized carbons (Fsp3) is 0.950. The first-order valence-corrected chi connectivity index (χ1v) is 10.6. The summed E-state index contributed by atoms with van der Waals surface area (Å²) in [6.45, 7) is 8.26. The van der Waals surface area contributed by atoms with Crippen LogP contribution in [-0.2, 0) is 9.47 Å². The van der Waals surface area contributed by atoms with Gasteiger partial charge in [-0.1, -0.05) is 38.5 Å². The molecule has 26 heavy (non-hydrogen) atoms. The van der Waals surface area contributed by atoms with Crippen LogP contribution in [0.5, 0.6) is 0 Å². The van der Waals surface area contributed by atoms with Crippen LogP contribution in [0.15, 0.2) is 4.99 Å². The summed E-state index contributed by atoms with van der Waals surface area (Å²) >= 11 is 0. The molecule has 1 saturated carbocycles. The van der Waals surface area contributed by atoms with E-state index < -0.39 is 0 Å². The van der Waals surface area contributed by atoms with Gasteiger partial charge in [-0.15, -0.1) is 24.0 Å². The molecule has 2 aliphatic rings. The molecule has 5 nitrogen and oxygen atoms in total. The van der Waals surface area contributed by atoms with Crippen LogP contribution in [0.3, 0.4) is 0 Å². The molecule has 1 saturated heterocycles. The Balaban J connectivity index is 0.00000338. The van der Waals surface area contributed by atoms with E-state index in [9.17, 15) is 0 Å². The average Bonchev–Trinajstić information content (AvgIpc) is 3.31. The van der Waals surface area contributed by atoms with Gasteiger partial charge in [0.05, 0.1) is 13.2 Å². The van der Waals surface area contributed by atoms with Gasteiger partial charge in [0, 0.05) is 38.8 Å². The molecule has 1 unspecified atom stereocenters. The van der Waals surface area contributed by atoms with E-state index in [2.05, 4.69) is 22.5 Å². The summed E-state index contributed by atoms with van der Waals surface area (Å²) in [5.41, 5.74) is 0. The molecule has 2 N–H and O–H groups in total. The van der Waals surface area contributed by atoms with Crippen molar-refractivity contribution in [3.8, 4) is 0 Å². The zero-order chi connectivity index (χ0) is 17.6. The second-order valence-electron chi connectivity index (χ2n) is 7.49. The third-order valence-corrected chi connectivity index (χ3v) is 5.24. The van der Waals surface area contributed by atoms with Gasteiger partial charge >= 0.3 is 0 Å². The number of nitrogens with zero attached hydrogens (tertiary/aromatic N) is 1. The van der Waals surface area contributed by atoms with Crippen molar-refractivity contribution in [3.05, 3.63) is 0 Å². The minimum absolute atomic E-state index is 0. The molecule has 0 amide bonds.